The minimum atomic E-state index is 0. The van der Waals surface area contributed by atoms with E-state index < -0.39 is 0 Å². The topological polar surface area (TPSA) is 24.7 Å². The summed E-state index contributed by atoms with van der Waals surface area (Å²) < 4.78 is 0. The molecule has 0 saturated heterocycles. The van der Waals surface area contributed by atoms with Gasteiger partial charge in [0.1, 0.15) is 0 Å². The van der Waals surface area contributed by atoms with Crippen LogP contribution in [0.25, 0.3) is 0 Å². The Kier molecular flexibility index (Phi) is 6.03. The first kappa shape index (κ1) is 14.3. The average Bonchev–Trinajstić information content (AvgIpc) is 2.39. The molecule has 0 aliphatic rings. The maximum absolute atomic E-state index is 4.44. The first-order valence-corrected chi connectivity index (χ1v) is 5.54. The van der Waals surface area contributed by atoms with Gasteiger partial charge in [0.25, 0.3) is 0 Å². The second kappa shape index (κ2) is 7.57. The number of hydrogen-bond donors (Lipinski definition) is 0. The van der Waals surface area contributed by atoms with Crippen molar-refractivity contribution in [3.05, 3.63) is 60.7 Å². The molecule has 0 saturated carbocycles. The minimum absolute atomic E-state index is 0. The Balaban J connectivity index is 0.00000162. The van der Waals surface area contributed by atoms with Crippen molar-refractivity contribution in [3.8, 4) is 0 Å². The molecule has 2 rings (SSSR count). The Morgan fingerprint density at radius 1 is 0.833 bits per heavy atom. The quantitative estimate of drug-likeness (QED) is 0.595. The molecule has 94 valence electrons. The molecule has 0 amide bonds. The Morgan fingerprint density at radius 3 is 1.89 bits per heavy atom. The van der Waals surface area contributed by atoms with E-state index in [1.54, 1.807) is 6.21 Å². The fraction of sp³-hybridized carbons (Fsp3) is 0.0667. The van der Waals surface area contributed by atoms with Crippen LogP contribution in [0, 0.1) is 0 Å². The smallest absolute Gasteiger partial charge is 0.0633 e. The average molecular weight is 281 g/mol. The Labute approximate surface area is 117 Å². The van der Waals surface area contributed by atoms with Gasteiger partial charge >= 0.3 is 0 Å². The fourth-order valence-electron chi connectivity index (χ4n) is 1.42. The zero-order valence-electron chi connectivity index (χ0n) is 10.1. The van der Waals surface area contributed by atoms with Crippen LogP contribution in [0.4, 0.5) is 11.4 Å². The molecule has 3 heteroatoms. The van der Waals surface area contributed by atoms with Gasteiger partial charge in [-0.2, -0.15) is 0 Å². The van der Waals surface area contributed by atoms with Crippen molar-refractivity contribution in [1.82, 2.24) is 0 Å². The summed E-state index contributed by atoms with van der Waals surface area (Å²) in [6, 6.07) is 19.7. The summed E-state index contributed by atoms with van der Waals surface area (Å²) in [6.45, 7) is 1.94. The van der Waals surface area contributed by atoms with E-state index in [1.165, 1.54) is 0 Å². The minimum Gasteiger partial charge on any atom is -0.255 e. The van der Waals surface area contributed by atoms with E-state index in [1.807, 2.05) is 67.6 Å². The van der Waals surface area contributed by atoms with Gasteiger partial charge in [0, 0.05) is 22.7 Å². The summed E-state index contributed by atoms with van der Waals surface area (Å²) >= 11 is 0. The van der Waals surface area contributed by atoms with Crippen LogP contribution in [-0.4, -0.2) is 11.9 Å². The van der Waals surface area contributed by atoms with Gasteiger partial charge in [-0.25, -0.2) is 0 Å². The van der Waals surface area contributed by atoms with Crippen LogP contribution in [0.1, 0.15) is 6.92 Å². The molecule has 2 aromatic carbocycles. The SMILES string of the molecule is CC(/C=N/c1ccccc1)=N\c1ccccc1.[Ni]. The van der Waals surface area contributed by atoms with Gasteiger partial charge < -0.3 is 0 Å². The molecule has 0 radical (unpaired) electrons. The number of benzene rings is 2. The number of nitrogens with zero attached hydrogens (tertiary/aromatic N) is 2. The Morgan fingerprint density at radius 2 is 1.33 bits per heavy atom. The summed E-state index contributed by atoms with van der Waals surface area (Å²) in [6.07, 6.45) is 1.78. The summed E-state index contributed by atoms with van der Waals surface area (Å²) in [7, 11) is 0. The van der Waals surface area contributed by atoms with Gasteiger partial charge in [0.05, 0.1) is 17.1 Å². The third-order valence-electron chi connectivity index (χ3n) is 2.22. The molecule has 2 aromatic rings. The van der Waals surface area contributed by atoms with E-state index >= 15 is 0 Å². The molecule has 0 aromatic heterocycles. The van der Waals surface area contributed by atoms with E-state index in [2.05, 4.69) is 9.98 Å². The number of para-hydroxylation sites is 2. The molecule has 0 bridgehead atoms. The van der Waals surface area contributed by atoms with E-state index in [0.29, 0.717) is 0 Å². The molecular weight excluding hydrogens is 267 g/mol. The zero-order valence-corrected chi connectivity index (χ0v) is 11.0. The zero-order chi connectivity index (χ0) is 11.9. The van der Waals surface area contributed by atoms with Crippen molar-refractivity contribution in [1.29, 1.82) is 0 Å². The van der Waals surface area contributed by atoms with E-state index in [0.717, 1.165) is 17.1 Å². The molecule has 0 unspecified atom stereocenters. The third-order valence-corrected chi connectivity index (χ3v) is 2.22. The number of aliphatic imine (C=N–C) groups is 2. The summed E-state index contributed by atoms with van der Waals surface area (Å²) in [5.41, 5.74) is 2.78. The van der Waals surface area contributed by atoms with E-state index in [-0.39, 0.29) is 16.5 Å². The van der Waals surface area contributed by atoms with Crippen molar-refractivity contribution in [2.75, 3.05) is 0 Å². The normalized spacial score (nSPS) is 11.3. The van der Waals surface area contributed by atoms with Gasteiger partial charge in [0.15, 0.2) is 0 Å². The number of hydrogen-bond acceptors (Lipinski definition) is 2. The van der Waals surface area contributed by atoms with Crippen molar-refractivity contribution in [3.63, 3.8) is 0 Å². The molecule has 0 fully saturated rings. The molecule has 2 nitrogen and oxygen atoms in total. The number of rotatable bonds is 3. The third kappa shape index (κ3) is 4.64. The van der Waals surface area contributed by atoms with Crippen molar-refractivity contribution >= 4 is 23.3 Å². The standard InChI is InChI=1S/C15H14N2.Ni/c1-13(17-15-10-6-3-7-11-15)12-16-14-8-4-2-5-9-14;/h2-12H,1H3;/b16-12+,17-13+;. The molecule has 0 spiro atoms. The molecular formula is C15H14N2Ni. The van der Waals surface area contributed by atoms with Crippen molar-refractivity contribution in [2.24, 2.45) is 9.98 Å². The molecule has 0 atom stereocenters. The molecule has 0 aliphatic carbocycles. The predicted octanol–water partition coefficient (Wildman–Crippen LogP) is 4.18. The van der Waals surface area contributed by atoms with Crippen LogP contribution in [0.15, 0.2) is 70.6 Å². The van der Waals surface area contributed by atoms with Gasteiger partial charge in [-0.05, 0) is 31.2 Å². The molecule has 0 N–H and O–H groups in total. The van der Waals surface area contributed by atoms with Gasteiger partial charge in [-0.15, -0.1) is 0 Å². The van der Waals surface area contributed by atoms with Gasteiger partial charge in [-0.1, -0.05) is 36.4 Å². The van der Waals surface area contributed by atoms with E-state index in [9.17, 15) is 0 Å². The van der Waals surface area contributed by atoms with Crippen LogP contribution in [0.3, 0.4) is 0 Å². The van der Waals surface area contributed by atoms with Crippen LogP contribution in [-0.2, 0) is 16.5 Å². The van der Waals surface area contributed by atoms with Crippen molar-refractivity contribution in [2.45, 2.75) is 6.92 Å². The summed E-state index contributed by atoms with van der Waals surface area (Å²) in [4.78, 5) is 8.79. The molecule has 0 heterocycles. The first-order chi connectivity index (χ1) is 8.34. The largest absolute Gasteiger partial charge is 0.255 e. The van der Waals surface area contributed by atoms with Gasteiger partial charge in [0.2, 0.25) is 0 Å². The summed E-state index contributed by atoms with van der Waals surface area (Å²) in [5, 5.41) is 0. The Bertz CT molecular complexity index is 519. The van der Waals surface area contributed by atoms with Crippen LogP contribution in [0.5, 0.6) is 0 Å². The maximum atomic E-state index is 4.44. The monoisotopic (exact) mass is 280 g/mol. The van der Waals surface area contributed by atoms with Crippen LogP contribution < -0.4 is 0 Å². The predicted molar refractivity (Wildman–Crippen MR) is 73.8 cm³/mol. The Hall–Kier alpha value is -1.73. The second-order valence-electron chi connectivity index (χ2n) is 3.68. The van der Waals surface area contributed by atoms with Crippen LogP contribution in [0.2, 0.25) is 0 Å². The molecule has 0 aliphatic heterocycles. The first-order valence-electron chi connectivity index (χ1n) is 5.54. The molecule has 18 heavy (non-hydrogen) atoms. The fourth-order valence-corrected chi connectivity index (χ4v) is 1.42. The van der Waals surface area contributed by atoms with Crippen molar-refractivity contribution < 1.29 is 16.5 Å². The van der Waals surface area contributed by atoms with E-state index in [4.69, 9.17) is 0 Å². The van der Waals surface area contributed by atoms with Crippen LogP contribution >= 0.6 is 0 Å². The second-order valence-corrected chi connectivity index (χ2v) is 3.68. The maximum Gasteiger partial charge on any atom is 0.0633 e. The van der Waals surface area contributed by atoms with Gasteiger partial charge in [-0.3, -0.25) is 9.98 Å². The summed E-state index contributed by atoms with van der Waals surface area (Å²) in [5.74, 6) is 0.